The number of aliphatic carboxylic acids is 1. The van der Waals surface area contributed by atoms with E-state index in [4.69, 9.17) is 5.11 Å². The van der Waals surface area contributed by atoms with Gasteiger partial charge in [0, 0.05) is 12.1 Å². The van der Waals surface area contributed by atoms with E-state index in [9.17, 15) is 9.59 Å². The number of amides is 2. The monoisotopic (exact) mass is 290 g/mol. The zero-order valence-electron chi connectivity index (χ0n) is 12.2. The van der Waals surface area contributed by atoms with Crippen molar-refractivity contribution in [2.24, 2.45) is 5.92 Å². The van der Waals surface area contributed by atoms with E-state index in [-0.39, 0.29) is 18.1 Å². The molecule has 1 aliphatic carbocycles. The molecule has 1 fully saturated rings. The number of carbonyl (C=O) groups excluding carboxylic acids is 1. The maximum atomic E-state index is 12.0. The smallest absolute Gasteiger partial charge is 0.315 e. The van der Waals surface area contributed by atoms with Crippen LogP contribution in [0, 0.1) is 5.92 Å². The van der Waals surface area contributed by atoms with Crippen LogP contribution in [-0.2, 0) is 11.2 Å². The molecular formula is C16H22N2O3. The van der Waals surface area contributed by atoms with Crippen molar-refractivity contribution in [2.45, 2.75) is 44.7 Å². The van der Waals surface area contributed by atoms with Crippen LogP contribution >= 0.6 is 0 Å². The Morgan fingerprint density at radius 2 is 2.00 bits per heavy atom. The number of nitrogens with one attached hydrogen (secondary N) is 2. The van der Waals surface area contributed by atoms with Crippen LogP contribution in [0.15, 0.2) is 30.3 Å². The summed E-state index contributed by atoms with van der Waals surface area (Å²) in [5.74, 6) is -1.28. The van der Waals surface area contributed by atoms with E-state index in [1.165, 1.54) is 0 Å². The summed E-state index contributed by atoms with van der Waals surface area (Å²) in [6.45, 7) is 1.94. The van der Waals surface area contributed by atoms with Crippen molar-refractivity contribution < 1.29 is 14.7 Å². The molecule has 1 aromatic rings. The zero-order valence-corrected chi connectivity index (χ0v) is 12.2. The highest BCUT2D eigenvalue weighted by Gasteiger charge is 2.33. The Hall–Kier alpha value is -2.04. The highest BCUT2D eigenvalue weighted by molar-refractivity contribution is 5.77. The molecule has 1 aliphatic rings. The molecule has 3 N–H and O–H groups in total. The summed E-state index contributed by atoms with van der Waals surface area (Å²) < 4.78 is 0. The highest BCUT2D eigenvalue weighted by atomic mass is 16.4. The third-order valence-corrected chi connectivity index (χ3v) is 3.91. The van der Waals surface area contributed by atoms with E-state index in [1.807, 2.05) is 37.3 Å². The number of carboxylic acid groups (broad SMARTS) is 1. The van der Waals surface area contributed by atoms with Gasteiger partial charge >= 0.3 is 12.0 Å². The van der Waals surface area contributed by atoms with Gasteiger partial charge in [-0.1, -0.05) is 36.8 Å². The Labute approximate surface area is 124 Å². The van der Waals surface area contributed by atoms with E-state index in [1.54, 1.807) is 0 Å². The summed E-state index contributed by atoms with van der Waals surface area (Å²) in [5.41, 5.74) is 1.16. The average molecular weight is 290 g/mol. The molecule has 0 heterocycles. The van der Waals surface area contributed by atoms with Crippen LogP contribution in [0.4, 0.5) is 4.79 Å². The van der Waals surface area contributed by atoms with Crippen LogP contribution in [0.2, 0.25) is 0 Å². The molecule has 5 nitrogen and oxygen atoms in total. The van der Waals surface area contributed by atoms with Crippen molar-refractivity contribution in [1.82, 2.24) is 10.6 Å². The summed E-state index contributed by atoms with van der Waals surface area (Å²) in [4.78, 5) is 23.0. The standard InChI is InChI=1S/C16H22N2O3/c1-11(10-12-6-3-2-4-7-12)17-16(21)18-14-9-5-8-13(14)15(19)20/h2-4,6-7,11,13-14H,5,8-10H2,1H3,(H,19,20)(H2,17,18,21). The van der Waals surface area contributed by atoms with E-state index in [2.05, 4.69) is 10.6 Å². The number of urea groups is 1. The summed E-state index contributed by atoms with van der Waals surface area (Å²) in [7, 11) is 0. The summed E-state index contributed by atoms with van der Waals surface area (Å²) in [6.07, 6.45) is 2.97. The van der Waals surface area contributed by atoms with Gasteiger partial charge in [-0.05, 0) is 31.7 Å². The fraction of sp³-hybridized carbons (Fsp3) is 0.500. The second-order valence-electron chi connectivity index (χ2n) is 5.69. The first-order chi connectivity index (χ1) is 10.1. The molecule has 0 aromatic heterocycles. The number of carboxylic acids is 1. The minimum Gasteiger partial charge on any atom is -0.481 e. The predicted octanol–water partition coefficient (Wildman–Crippen LogP) is 2.17. The van der Waals surface area contributed by atoms with Gasteiger partial charge in [0.25, 0.3) is 0 Å². The lowest BCUT2D eigenvalue weighted by molar-refractivity contribution is -0.142. The SMILES string of the molecule is CC(Cc1ccccc1)NC(=O)NC1CCCC1C(=O)O. The molecule has 3 atom stereocenters. The van der Waals surface area contributed by atoms with Gasteiger partial charge in [-0.25, -0.2) is 4.79 Å². The Bertz CT molecular complexity index is 490. The van der Waals surface area contributed by atoms with Crippen molar-refractivity contribution in [2.75, 3.05) is 0 Å². The topological polar surface area (TPSA) is 78.4 Å². The van der Waals surface area contributed by atoms with Crippen molar-refractivity contribution >= 4 is 12.0 Å². The molecule has 2 amide bonds. The molecule has 1 saturated carbocycles. The molecular weight excluding hydrogens is 268 g/mol. The van der Waals surface area contributed by atoms with E-state index >= 15 is 0 Å². The minimum atomic E-state index is -0.824. The number of hydrogen-bond donors (Lipinski definition) is 3. The van der Waals surface area contributed by atoms with Gasteiger partial charge in [0.2, 0.25) is 0 Å². The lowest BCUT2D eigenvalue weighted by atomic mass is 10.0. The van der Waals surface area contributed by atoms with Crippen molar-refractivity contribution in [3.8, 4) is 0 Å². The van der Waals surface area contributed by atoms with Gasteiger partial charge in [0.1, 0.15) is 0 Å². The number of carbonyl (C=O) groups is 2. The molecule has 1 aromatic carbocycles. The Morgan fingerprint density at radius 3 is 2.67 bits per heavy atom. The second-order valence-corrected chi connectivity index (χ2v) is 5.69. The zero-order chi connectivity index (χ0) is 15.2. The normalized spacial score (nSPS) is 22.5. The van der Waals surface area contributed by atoms with Crippen LogP contribution in [0.25, 0.3) is 0 Å². The van der Waals surface area contributed by atoms with Gasteiger partial charge < -0.3 is 15.7 Å². The van der Waals surface area contributed by atoms with Gasteiger partial charge in [0.15, 0.2) is 0 Å². The van der Waals surface area contributed by atoms with Crippen LogP contribution < -0.4 is 10.6 Å². The molecule has 0 spiro atoms. The Balaban J connectivity index is 1.80. The fourth-order valence-corrected chi connectivity index (χ4v) is 2.88. The predicted molar refractivity (Wildman–Crippen MR) is 80.0 cm³/mol. The van der Waals surface area contributed by atoms with E-state index in [0.717, 1.165) is 24.8 Å². The van der Waals surface area contributed by atoms with Crippen molar-refractivity contribution in [3.05, 3.63) is 35.9 Å². The lowest BCUT2D eigenvalue weighted by Gasteiger charge is -2.20. The van der Waals surface area contributed by atoms with Crippen molar-refractivity contribution in [3.63, 3.8) is 0 Å². The van der Waals surface area contributed by atoms with Gasteiger partial charge in [-0.2, -0.15) is 0 Å². The van der Waals surface area contributed by atoms with Gasteiger partial charge in [-0.15, -0.1) is 0 Å². The van der Waals surface area contributed by atoms with Gasteiger partial charge in [0.05, 0.1) is 5.92 Å². The number of benzene rings is 1. The first kappa shape index (κ1) is 15.4. The fourth-order valence-electron chi connectivity index (χ4n) is 2.88. The van der Waals surface area contributed by atoms with Crippen LogP contribution in [0.3, 0.4) is 0 Å². The maximum Gasteiger partial charge on any atom is 0.315 e. The molecule has 0 radical (unpaired) electrons. The summed E-state index contributed by atoms with van der Waals surface area (Å²) in [6, 6.07) is 9.40. The number of rotatable bonds is 5. The lowest BCUT2D eigenvalue weighted by Crippen LogP contribution is -2.48. The third-order valence-electron chi connectivity index (χ3n) is 3.91. The first-order valence-corrected chi connectivity index (χ1v) is 7.40. The largest absolute Gasteiger partial charge is 0.481 e. The van der Waals surface area contributed by atoms with Crippen LogP contribution in [-0.4, -0.2) is 29.2 Å². The summed E-state index contributed by atoms with van der Waals surface area (Å²) in [5, 5.41) is 14.8. The molecule has 21 heavy (non-hydrogen) atoms. The molecule has 5 heteroatoms. The molecule has 114 valence electrons. The third kappa shape index (κ3) is 4.48. The number of hydrogen-bond acceptors (Lipinski definition) is 2. The van der Waals surface area contributed by atoms with Gasteiger partial charge in [-0.3, -0.25) is 4.79 Å². The first-order valence-electron chi connectivity index (χ1n) is 7.40. The summed E-state index contributed by atoms with van der Waals surface area (Å²) >= 11 is 0. The van der Waals surface area contributed by atoms with Crippen molar-refractivity contribution in [1.29, 1.82) is 0 Å². The molecule has 0 saturated heterocycles. The average Bonchev–Trinajstić information content (AvgIpc) is 2.87. The molecule has 0 aliphatic heterocycles. The van der Waals surface area contributed by atoms with Crippen LogP contribution in [0.1, 0.15) is 31.7 Å². The van der Waals surface area contributed by atoms with E-state index < -0.39 is 11.9 Å². The highest BCUT2D eigenvalue weighted by Crippen LogP contribution is 2.25. The maximum absolute atomic E-state index is 12.0. The van der Waals surface area contributed by atoms with E-state index in [0.29, 0.717) is 6.42 Å². The second kappa shape index (κ2) is 7.11. The molecule has 2 rings (SSSR count). The Kier molecular flexibility index (Phi) is 5.20. The van der Waals surface area contributed by atoms with Crippen LogP contribution in [0.5, 0.6) is 0 Å². The quantitative estimate of drug-likeness (QED) is 0.777. The molecule has 3 unspecified atom stereocenters. The molecule has 0 bridgehead atoms. The Morgan fingerprint density at radius 1 is 1.29 bits per heavy atom. The minimum absolute atomic E-state index is 0.00270.